The molecule has 0 heterocycles. The fourth-order valence-corrected chi connectivity index (χ4v) is 2.38. The summed E-state index contributed by atoms with van der Waals surface area (Å²) >= 11 is 3.52. The van der Waals surface area contributed by atoms with Crippen LogP contribution in [0, 0.1) is 0 Å². The summed E-state index contributed by atoms with van der Waals surface area (Å²) < 4.78 is 6.39. The minimum atomic E-state index is -0.455. The van der Waals surface area contributed by atoms with Gasteiger partial charge in [0.15, 0.2) is 0 Å². The van der Waals surface area contributed by atoms with Gasteiger partial charge in [-0.25, -0.2) is 0 Å². The highest BCUT2D eigenvalue weighted by Crippen LogP contribution is 2.23. The lowest BCUT2D eigenvalue weighted by Gasteiger charge is -2.25. The van der Waals surface area contributed by atoms with Crippen molar-refractivity contribution in [3.8, 4) is 0 Å². The predicted octanol–water partition coefficient (Wildman–Crippen LogP) is 3.83. The normalized spacial score (nSPS) is 14.8. The summed E-state index contributed by atoms with van der Waals surface area (Å²) in [5.74, 6) is -0.230. The van der Waals surface area contributed by atoms with E-state index >= 15 is 0 Å². The Bertz CT molecular complexity index is 440. The SMILES string of the molecule is CC(N[C@@H](C)c1ccccc1Br)C(=O)OC(C)(C)C. The molecule has 0 amide bonds. The molecule has 0 saturated heterocycles. The molecule has 1 aromatic rings. The quantitative estimate of drug-likeness (QED) is 0.854. The maximum Gasteiger partial charge on any atom is 0.323 e. The maximum absolute atomic E-state index is 11.9. The first-order valence-corrected chi connectivity index (χ1v) is 7.23. The number of esters is 1. The van der Waals surface area contributed by atoms with Crippen molar-refractivity contribution >= 4 is 21.9 Å². The van der Waals surface area contributed by atoms with E-state index in [1.165, 1.54) is 0 Å². The van der Waals surface area contributed by atoms with Crippen molar-refractivity contribution in [2.45, 2.75) is 52.3 Å². The monoisotopic (exact) mass is 327 g/mol. The van der Waals surface area contributed by atoms with E-state index in [-0.39, 0.29) is 18.1 Å². The van der Waals surface area contributed by atoms with Gasteiger partial charge in [-0.1, -0.05) is 34.1 Å². The first-order chi connectivity index (χ1) is 8.70. The van der Waals surface area contributed by atoms with Crippen LogP contribution in [0.2, 0.25) is 0 Å². The minimum Gasteiger partial charge on any atom is -0.459 e. The molecule has 0 fully saturated rings. The molecule has 0 aliphatic heterocycles. The Balaban J connectivity index is 2.64. The van der Waals surface area contributed by atoms with Crippen LogP contribution in [0.4, 0.5) is 0 Å². The van der Waals surface area contributed by atoms with Gasteiger partial charge in [0.2, 0.25) is 0 Å². The second kappa shape index (κ2) is 6.53. The molecule has 0 aliphatic carbocycles. The summed E-state index contributed by atoms with van der Waals surface area (Å²) in [6, 6.07) is 7.70. The number of carbonyl (C=O) groups is 1. The first-order valence-electron chi connectivity index (χ1n) is 6.44. The molecule has 1 aromatic carbocycles. The van der Waals surface area contributed by atoms with E-state index in [2.05, 4.69) is 21.2 Å². The van der Waals surface area contributed by atoms with Crippen molar-refractivity contribution in [2.75, 3.05) is 0 Å². The van der Waals surface area contributed by atoms with E-state index < -0.39 is 5.60 Å². The summed E-state index contributed by atoms with van der Waals surface area (Å²) in [5.41, 5.74) is 0.668. The zero-order valence-electron chi connectivity index (χ0n) is 12.2. The van der Waals surface area contributed by atoms with Gasteiger partial charge in [0, 0.05) is 10.5 Å². The van der Waals surface area contributed by atoms with Crippen LogP contribution < -0.4 is 5.32 Å². The van der Waals surface area contributed by atoms with E-state index in [9.17, 15) is 4.79 Å². The van der Waals surface area contributed by atoms with Crippen LogP contribution in [0.15, 0.2) is 28.7 Å². The fourth-order valence-electron chi connectivity index (χ4n) is 1.75. The van der Waals surface area contributed by atoms with Crippen molar-refractivity contribution in [1.82, 2.24) is 5.32 Å². The maximum atomic E-state index is 11.9. The Morgan fingerprint density at radius 2 is 1.84 bits per heavy atom. The highest BCUT2D eigenvalue weighted by Gasteiger charge is 2.23. The van der Waals surface area contributed by atoms with Gasteiger partial charge < -0.3 is 4.74 Å². The third-order valence-corrected chi connectivity index (χ3v) is 3.35. The molecule has 0 radical (unpaired) electrons. The largest absolute Gasteiger partial charge is 0.459 e. The van der Waals surface area contributed by atoms with Gasteiger partial charge in [-0.15, -0.1) is 0 Å². The first kappa shape index (κ1) is 16.2. The van der Waals surface area contributed by atoms with E-state index in [0.717, 1.165) is 10.0 Å². The van der Waals surface area contributed by atoms with Crippen molar-refractivity contribution < 1.29 is 9.53 Å². The topological polar surface area (TPSA) is 38.3 Å². The number of rotatable bonds is 4. The van der Waals surface area contributed by atoms with Crippen molar-refractivity contribution in [2.24, 2.45) is 0 Å². The van der Waals surface area contributed by atoms with Gasteiger partial charge >= 0.3 is 5.97 Å². The molecule has 1 unspecified atom stereocenters. The Morgan fingerprint density at radius 1 is 1.26 bits per heavy atom. The predicted molar refractivity (Wildman–Crippen MR) is 81.0 cm³/mol. The van der Waals surface area contributed by atoms with Crippen LogP contribution in [0.25, 0.3) is 0 Å². The average Bonchev–Trinajstić information content (AvgIpc) is 2.27. The molecular formula is C15H22BrNO2. The minimum absolute atomic E-state index is 0.0677. The lowest BCUT2D eigenvalue weighted by Crippen LogP contribution is -2.40. The number of hydrogen-bond donors (Lipinski definition) is 1. The van der Waals surface area contributed by atoms with Crippen LogP contribution in [0.3, 0.4) is 0 Å². The van der Waals surface area contributed by atoms with Gasteiger partial charge in [-0.2, -0.15) is 0 Å². The van der Waals surface area contributed by atoms with Gasteiger partial charge in [-0.05, 0) is 46.2 Å². The molecule has 0 spiro atoms. The fraction of sp³-hybridized carbons (Fsp3) is 0.533. The summed E-state index contributed by atoms with van der Waals surface area (Å²) in [5, 5.41) is 3.25. The second-order valence-electron chi connectivity index (χ2n) is 5.67. The lowest BCUT2D eigenvalue weighted by atomic mass is 10.1. The highest BCUT2D eigenvalue weighted by molar-refractivity contribution is 9.10. The Morgan fingerprint density at radius 3 is 2.37 bits per heavy atom. The number of benzene rings is 1. The number of halogens is 1. The number of nitrogens with one attached hydrogen (secondary N) is 1. The van der Waals surface area contributed by atoms with Crippen LogP contribution >= 0.6 is 15.9 Å². The molecule has 106 valence electrons. The molecule has 4 heteroatoms. The summed E-state index contributed by atoms with van der Waals surface area (Å²) in [6.45, 7) is 9.46. The van der Waals surface area contributed by atoms with E-state index in [0.29, 0.717) is 0 Å². The molecule has 19 heavy (non-hydrogen) atoms. The Kier molecular flexibility index (Phi) is 5.56. The standard InChI is InChI=1S/C15H22BrNO2/c1-10(12-8-6-7-9-13(12)16)17-11(2)14(18)19-15(3,4)5/h6-11,17H,1-5H3/t10-,11?/m0/s1. The van der Waals surface area contributed by atoms with Crippen LogP contribution in [0.5, 0.6) is 0 Å². The van der Waals surface area contributed by atoms with Crippen LogP contribution in [-0.2, 0) is 9.53 Å². The van der Waals surface area contributed by atoms with Gasteiger partial charge in [0.25, 0.3) is 0 Å². The third-order valence-electron chi connectivity index (χ3n) is 2.63. The number of ether oxygens (including phenoxy) is 1. The molecule has 0 bridgehead atoms. The van der Waals surface area contributed by atoms with E-state index in [4.69, 9.17) is 4.74 Å². The molecular weight excluding hydrogens is 306 g/mol. The summed E-state index contributed by atoms with van der Waals surface area (Å²) in [4.78, 5) is 11.9. The zero-order valence-corrected chi connectivity index (χ0v) is 13.7. The highest BCUT2D eigenvalue weighted by atomic mass is 79.9. The molecule has 1 rings (SSSR count). The second-order valence-corrected chi connectivity index (χ2v) is 6.52. The molecule has 0 aromatic heterocycles. The molecule has 0 aliphatic rings. The average molecular weight is 328 g/mol. The Labute approximate surface area is 123 Å². The van der Waals surface area contributed by atoms with Crippen molar-refractivity contribution in [3.63, 3.8) is 0 Å². The lowest BCUT2D eigenvalue weighted by molar-refractivity contribution is -0.157. The number of hydrogen-bond acceptors (Lipinski definition) is 3. The van der Waals surface area contributed by atoms with E-state index in [1.807, 2.05) is 58.9 Å². The number of carbonyl (C=O) groups excluding carboxylic acids is 1. The Hall–Kier alpha value is -0.870. The molecule has 0 saturated carbocycles. The molecule has 2 atom stereocenters. The van der Waals surface area contributed by atoms with Crippen molar-refractivity contribution in [1.29, 1.82) is 0 Å². The molecule has 1 N–H and O–H groups in total. The van der Waals surface area contributed by atoms with Gasteiger partial charge in [0.1, 0.15) is 11.6 Å². The third kappa shape index (κ3) is 5.33. The smallest absolute Gasteiger partial charge is 0.323 e. The summed E-state index contributed by atoms with van der Waals surface area (Å²) in [7, 11) is 0. The van der Waals surface area contributed by atoms with E-state index in [1.54, 1.807) is 0 Å². The van der Waals surface area contributed by atoms with Crippen LogP contribution in [0.1, 0.15) is 46.2 Å². The van der Waals surface area contributed by atoms with Crippen LogP contribution in [-0.4, -0.2) is 17.6 Å². The molecule has 3 nitrogen and oxygen atoms in total. The van der Waals surface area contributed by atoms with Crippen molar-refractivity contribution in [3.05, 3.63) is 34.3 Å². The zero-order chi connectivity index (χ0) is 14.6. The van der Waals surface area contributed by atoms with Gasteiger partial charge in [-0.3, -0.25) is 10.1 Å². The van der Waals surface area contributed by atoms with Gasteiger partial charge in [0.05, 0.1) is 0 Å². The summed E-state index contributed by atoms with van der Waals surface area (Å²) in [6.07, 6.45) is 0.